The van der Waals surface area contributed by atoms with Gasteiger partial charge in [0.05, 0.1) is 10.8 Å². The van der Waals surface area contributed by atoms with Crippen molar-refractivity contribution in [3.05, 3.63) is 72.3 Å². The second-order valence-electron chi connectivity index (χ2n) is 5.55. The van der Waals surface area contributed by atoms with Gasteiger partial charge in [0.25, 0.3) is 0 Å². The molecule has 0 N–H and O–H groups in total. The summed E-state index contributed by atoms with van der Waals surface area (Å²) in [7, 11) is -2.18. The van der Waals surface area contributed by atoms with E-state index in [-0.39, 0.29) is 25.7 Å². The summed E-state index contributed by atoms with van der Waals surface area (Å²) in [6.07, 6.45) is 0. The molecular formula is C19H10F5S+. The third kappa shape index (κ3) is 2.48. The highest BCUT2D eigenvalue weighted by molar-refractivity contribution is 7.44. The van der Waals surface area contributed by atoms with Crippen LogP contribution in [0.15, 0.2) is 60.7 Å². The van der Waals surface area contributed by atoms with Crippen LogP contribution in [0.25, 0.3) is 31.3 Å². The Bertz CT molecular complexity index is 1110. The largest absolute Gasteiger partial charge is 0.601 e. The number of alkyl halides is 3. The monoisotopic (exact) mass is 365 g/mol. The lowest BCUT2D eigenvalue weighted by Crippen LogP contribution is -1.95. The molecule has 25 heavy (non-hydrogen) atoms. The van der Waals surface area contributed by atoms with Crippen molar-refractivity contribution in [3.63, 3.8) is 0 Å². The highest BCUT2D eigenvalue weighted by Gasteiger charge is 2.48. The van der Waals surface area contributed by atoms with Crippen molar-refractivity contribution >= 4 is 30.6 Å². The molecule has 4 rings (SSSR count). The molecule has 0 aliphatic carbocycles. The fraction of sp³-hybridized carbons (Fsp3) is 0.0526. The number of hydrogen-bond acceptors (Lipinski definition) is 0. The normalized spacial score (nSPS) is 12.9. The highest BCUT2D eigenvalue weighted by atomic mass is 32.2. The molecule has 1 aromatic heterocycles. The van der Waals surface area contributed by atoms with Crippen LogP contribution in [0.5, 0.6) is 0 Å². The van der Waals surface area contributed by atoms with Gasteiger partial charge in [-0.3, -0.25) is 0 Å². The van der Waals surface area contributed by atoms with E-state index in [1.807, 2.05) is 0 Å². The molecule has 4 aromatic rings. The van der Waals surface area contributed by atoms with Crippen LogP contribution in [0.4, 0.5) is 22.0 Å². The lowest BCUT2D eigenvalue weighted by atomic mass is 9.99. The van der Waals surface area contributed by atoms with Crippen LogP contribution in [0.2, 0.25) is 0 Å². The zero-order chi connectivity index (χ0) is 17.8. The summed E-state index contributed by atoms with van der Waals surface area (Å²) >= 11 is 0. The Kier molecular flexibility index (Phi) is 3.54. The van der Waals surface area contributed by atoms with Crippen molar-refractivity contribution in [1.29, 1.82) is 0 Å². The van der Waals surface area contributed by atoms with Crippen molar-refractivity contribution in [2.24, 2.45) is 0 Å². The van der Waals surface area contributed by atoms with Gasteiger partial charge in [0, 0.05) is 11.6 Å². The van der Waals surface area contributed by atoms with Crippen LogP contribution in [0, 0.1) is 11.6 Å². The lowest BCUT2D eigenvalue weighted by molar-refractivity contribution is -0.0862. The van der Waals surface area contributed by atoms with Gasteiger partial charge in [0.15, 0.2) is 9.40 Å². The van der Waals surface area contributed by atoms with Gasteiger partial charge in [-0.25, -0.2) is 8.78 Å². The van der Waals surface area contributed by atoms with Gasteiger partial charge in [-0.2, -0.15) is 0 Å². The van der Waals surface area contributed by atoms with E-state index >= 15 is 0 Å². The van der Waals surface area contributed by atoms with Gasteiger partial charge in [0.1, 0.15) is 22.1 Å². The molecule has 1 heterocycles. The molecule has 0 saturated carbocycles. The Labute approximate surface area is 142 Å². The molecule has 0 saturated heterocycles. The van der Waals surface area contributed by atoms with Crippen molar-refractivity contribution < 1.29 is 22.0 Å². The molecule has 0 radical (unpaired) electrons. The minimum atomic E-state index is -4.49. The van der Waals surface area contributed by atoms with E-state index in [4.69, 9.17) is 0 Å². The second-order valence-corrected chi connectivity index (χ2v) is 7.51. The Morgan fingerprint density at radius 3 is 2.16 bits per heavy atom. The maximum atomic E-state index is 14.2. The van der Waals surface area contributed by atoms with Crippen LogP contribution < -0.4 is 0 Å². The first-order valence-corrected chi connectivity index (χ1v) is 8.59. The summed E-state index contributed by atoms with van der Waals surface area (Å²) in [4.78, 5) is 0. The van der Waals surface area contributed by atoms with E-state index in [0.717, 1.165) is 12.1 Å². The fourth-order valence-corrected chi connectivity index (χ4v) is 5.09. The Morgan fingerprint density at radius 1 is 0.720 bits per heavy atom. The Hall–Kier alpha value is -2.47. The summed E-state index contributed by atoms with van der Waals surface area (Å²) in [5, 5.41) is 0.428. The predicted molar refractivity (Wildman–Crippen MR) is 90.6 cm³/mol. The van der Waals surface area contributed by atoms with Crippen molar-refractivity contribution in [1.82, 2.24) is 0 Å². The summed E-state index contributed by atoms with van der Waals surface area (Å²) in [5.41, 5.74) is -3.96. The lowest BCUT2D eigenvalue weighted by Gasteiger charge is -2.04. The van der Waals surface area contributed by atoms with E-state index in [0.29, 0.717) is 5.56 Å². The zero-order valence-corrected chi connectivity index (χ0v) is 13.4. The number of hydrogen-bond donors (Lipinski definition) is 0. The summed E-state index contributed by atoms with van der Waals surface area (Å²) < 4.78 is 69.1. The van der Waals surface area contributed by atoms with Gasteiger partial charge in [-0.1, -0.05) is 30.3 Å². The fourth-order valence-electron chi connectivity index (χ4n) is 3.13. The maximum absolute atomic E-state index is 14.2. The molecule has 126 valence electrons. The quantitative estimate of drug-likeness (QED) is 0.248. The third-order valence-corrected chi connectivity index (χ3v) is 6.11. The molecule has 1 atom stereocenters. The molecule has 0 aliphatic heterocycles. The molecule has 6 heteroatoms. The van der Waals surface area contributed by atoms with E-state index in [9.17, 15) is 22.0 Å². The van der Waals surface area contributed by atoms with Gasteiger partial charge < -0.3 is 0 Å². The molecule has 0 fully saturated rings. The first kappa shape index (κ1) is 16.0. The molecule has 1 unspecified atom stereocenters. The minimum absolute atomic E-state index is 0.0210. The van der Waals surface area contributed by atoms with Crippen LogP contribution in [-0.2, 0) is 5.51 Å². The zero-order valence-electron chi connectivity index (χ0n) is 12.6. The van der Waals surface area contributed by atoms with Gasteiger partial charge in [-0.05, 0) is 29.8 Å². The first-order valence-electron chi connectivity index (χ1n) is 7.37. The van der Waals surface area contributed by atoms with Crippen LogP contribution in [-0.4, -0.2) is 0 Å². The molecule has 0 bridgehead atoms. The number of thiophene rings is 1. The van der Waals surface area contributed by atoms with E-state index in [2.05, 4.69) is 0 Å². The number of rotatable bonds is 1. The predicted octanol–water partition coefficient (Wildman–Crippen LogP) is 7.16. The molecule has 0 amide bonds. The molecule has 0 spiro atoms. The highest BCUT2D eigenvalue weighted by Crippen LogP contribution is 2.55. The van der Waals surface area contributed by atoms with Gasteiger partial charge in [-0.15, -0.1) is 13.2 Å². The summed E-state index contributed by atoms with van der Waals surface area (Å²) in [5.74, 6) is -1.16. The Balaban J connectivity index is 2.24. The van der Waals surface area contributed by atoms with Crippen LogP contribution >= 0.6 is 10.5 Å². The maximum Gasteiger partial charge on any atom is 0.601 e. The van der Waals surface area contributed by atoms with Crippen molar-refractivity contribution in [2.45, 2.75) is 5.51 Å². The number of halogens is 5. The number of fused-ring (bicyclic) bond motifs is 3. The average Bonchev–Trinajstić information content (AvgIpc) is 2.89. The molecular weight excluding hydrogens is 355 g/mol. The minimum Gasteiger partial charge on any atom is -0.207 e. The van der Waals surface area contributed by atoms with Gasteiger partial charge >= 0.3 is 5.51 Å². The van der Waals surface area contributed by atoms with Crippen LogP contribution in [0.3, 0.4) is 0 Å². The summed E-state index contributed by atoms with van der Waals surface area (Å²) in [6, 6.07) is 13.6. The Morgan fingerprint density at radius 2 is 1.44 bits per heavy atom. The molecule has 0 aliphatic rings. The van der Waals surface area contributed by atoms with E-state index < -0.39 is 27.6 Å². The van der Waals surface area contributed by atoms with Crippen LogP contribution in [0.1, 0.15) is 0 Å². The number of benzene rings is 3. The molecule has 0 nitrogen and oxygen atoms in total. The molecule has 3 aromatic carbocycles. The first-order chi connectivity index (χ1) is 11.9. The van der Waals surface area contributed by atoms with Crippen molar-refractivity contribution in [3.8, 4) is 11.1 Å². The van der Waals surface area contributed by atoms with Gasteiger partial charge in [0.2, 0.25) is 0 Å². The van der Waals surface area contributed by atoms with E-state index in [1.54, 1.807) is 12.1 Å². The smallest absolute Gasteiger partial charge is 0.207 e. The third-order valence-electron chi connectivity index (χ3n) is 4.07. The van der Waals surface area contributed by atoms with E-state index in [1.165, 1.54) is 36.4 Å². The SMILES string of the molecule is Fc1ccc2c(c1)c1c(-c3ccccc3F)cccc1[s+]2C(F)(F)F. The average molecular weight is 365 g/mol. The standard InChI is InChI=1S/C19H10F5S/c20-11-8-9-16-14(10-11)18-13(12-4-1-2-6-15(12)21)5-3-7-17(18)25(16)19(22,23)24/h1-10H/q+1. The topological polar surface area (TPSA) is 0 Å². The van der Waals surface area contributed by atoms with Crippen molar-refractivity contribution in [2.75, 3.05) is 0 Å². The summed E-state index contributed by atoms with van der Waals surface area (Å²) in [6.45, 7) is 0. The second kappa shape index (κ2) is 5.52.